The van der Waals surface area contributed by atoms with E-state index in [9.17, 15) is 14.4 Å². The van der Waals surface area contributed by atoms with Gasteiger partial charge in [-0.25, -0.2) is 4.79 Å². The Morgan fingerprint density at radius 1 is 0.606 bits per heavy atom. The van der Waals surface area contributed by atoms with Crippen LogP contribution in [0.1, 0.15) is 42.2 Å². The van der Waals surface area contributed by atoms with Gasteiger partial charge >= 0.3 is 5.97 Å². The predicted molar refractivity (Wildman–Crippen MR) is 126 cm³/mol. The summed E-state index contributed by atoms with van der Waals surface area (Å²) in [5, 5.41) is 2.79. The molecule has 0 aromatic heterocycles. The lowest BCUT2D eigenvalue weighted by Gasteiger charge is -2.08. The van der Waals surface area contributed by atoms with E-state index < -0.39 is 5.97 Å². The van der Waals surface area contributed by atoms with Gasteiger partial charge in [-0.05, 0) is 48.0 Å². The second-order valence-corrected chi connectivity index (χ2v) is 7.37. The molecule has 0 fully saturated rings. The van der Waals surface area contributed by atoms with Gasteiger partial charge in [0.15, 0.2) is 5.78 Å². The molecular weight excluding hydrogens is 414 g/mol. The Morgan fingerprint density at radius 2 is 1.21 bits per heavy atom. The molecule has 0 unspecified atom stereocenters. The predicted octanol–water partition coefficient (Wildman–Crippen LogP) is 5.53. The normalized spacial score (nSPS) is 10.3. The largest absolute Gasteiger partial charge is 0.457 e. The number of benzene rings is 4. The number of amides is 1. The van der Waals surface area contributed by atoms with E-state index in [1.165, 1.54) is 0 Å². The van der Waals surface area contributed by atoms with Crippen LogP contribution >= 0.6 is 0 Å². The number of esters is 1. The van der Waals surface area contributed by atoms with Crippen molar-refractivity contribution in [3.8, 4) is 0 Å². The van der Waals surface area contributed by atoms with Crippen LogP contribution in [0.25, 0.3) is 0 Å². The minimum Gasteiger partial charge on any atom is -0.457 e. The molecule has 0 spiro atoms. The summed E-state index contributed by atoms with van der Waals surface area (Å²) in [5.74, 6) is -0.802. The standard InChI is InChI=1S/C28H21NO4/c30-26(21-9-3-1-4-10-21)24-13-7-8-20(18-24)19-33-28(32)23-14-16-25(17-15-23)29-27(31)22-11-5-2-6-12-22/h1-18H,19H2,(H,29,31). The quantitative estimate of drug-likeness (QED) is 0.306. The molecule has 0 bridgehead atoms. The van der Waals surface area contributed by atoms with Gasteiger partial charge < -0.3 is 10.1 Å². The molecule has 162 valence electrons. The summed E-state index contributed by atoms with van der Waals surface area (Å²) in [6, 6.07) is 31.4. The van der Waals surface area contributed by atoms with Gasteiger partial charge in [0.1, 0.15) is 6.61 Å². The fraction of sp³-hybridized carbons (Fsp3) is 0.0357. The Labute approximate surface area is 191 Å². The van der Waals surface area contributed by atoms with Gasteiger partial charge in [-0.15, -0.1) is 0 Å². The van der Waals surface area contributed by atoms with E-state index in [1.54, 1.807) is 84.9 Å². The Kier molecular flexibility index (Phi) is 6.71. The van der Waals surface area contributed by atoms with Crippen molar-refractivity contribution in [2.24, 2.45) is 0 Å². The topological polar surface area (TPSA) is 72.5 Å². The van der Waals surface area contributed by atoms with Gasteiger partial charge in [-0.2, -0.15) is 0 Å². The van der Waals surface area contributed by atoms with Crippen LogP contribution in [0, 0.1) is 0 Å². The minimum atomic E-state index is -0.490. The molecule has 33 heavy (non-hydrogen) atoms. The average Bonchev–Trinajstić information content (AvgIpc) is 2.88. The maximum absolute atomic E-state index is 12.6. The van der Waals surface area contributed by atoms with Crippen LogP contribution in [-0.2, 0) is 11.3 Å². The van der Waals surface area contributed by atoms with Crippen LogP contribution in [0.3, 0.4) is 0 Å². The highest BCUT2D eigenvalue weighted by Gasteiger charge is 2.12. The van der Waals surface area contributed by atoms with E-state index in [0.717, 1.165) is 5.56 Å². The van der Waals surface area contributed by atoms with Crippen LogP contribution in [-0.4, -0.2) is 17.7 Å². The Balaban J connectivity index is 1.35. The number of ether oxygens (including phenoxy) is 1. The molecule has 5 heteroatoms. The van der Waals surface area contributed by atoms with Crippen molar-refractivity contribution in [2.45, 2.75) is 6.61 Å². The zero-order chi connectivity index (χ0) is 23.0. The zero-order valence-electron chi connectivity index (χ0n) is 17.7. The van der Waals surface area contributed by atoms with Crippen molar-refractivity contribution in [2.75, 3.05) is 5.32 Å². The number of carbonyl (C=O) groups is 3. The summed E-state index contributed by atoms with van der Waals surface area (Å²) < 4.78 is 5.41. The number of carbonyl (C=O) groups excluding carboxylic acids is 3. The number of hydrogen-bond acceptors (Lipinski definition) is 4. The highest BCUT2D eigenvalue weighted by molar-refractivity contribution is 6.09. The van der Waals surface area contributed by atoms with Gasteiger partial charge in [0, 0.05) is 22.4 Å². The zero-order valence-corrected chi connectivity index (χ0v) is 17.7. The first-order valence-corrected chi connectivity index (χ1v) is 10.4. The van der Waals surface area contributed by atoms with E-state index in [0.29, 0.717) is 27.9 Å². The van der Waals surface area contributed by atoms with Gasteiger partial charge in [-0.3, -0.25) is 9.59 Å². The molecule has 1 N–H and O–H groups in total. The van der Waals surface area contributed by atoms with Crippen molar-refractivity contribution in [3.63, 3.8) is 0 Å². The summed E-state index contributed by atoms with van der Waals surface area (Å²) in [6.07, 6.45) is 0. The van der Waals surface area contributed by atoms with Crippen LogP contribution < -0.4 is 5.32 Å². The van der Waals surface area contributed by atoms with E-state index in [2.05, 4.69) is 5.32 Å². The van der Waals surface area contributed by atoms with E-state index >= 15 is 0 Å². The van der Waals surface area contributed by atoms with Gasteiger partial charge in [-0.1, -0.05) is 66.7 Å². The number of nitrogens with one attached hydrogen (secondary N) is 1. The highest BCUT2D eigenvalue weighted by Crippen LogP contribution is 2.15. The Morgan fingerprint density at radius 3 is 1.88 bits per heavy atom. The first-order chi connectivity index (χ1) is 16.1. The maximum atomic E-state index is 12.6. The summed E-state index contributed by atoms with van der Waals surface area (Å²) in [5.41, 5.74) is 3.35. The van der Waals surface area contributed by atoms with Gasteiger partial charge in [0.05, 0.1) is 5.56 Å². The Bertz CT molecular complexity index is 1270. The number of rotatable bonds is 7. The van der Waals surface area contributed by atoms with Crippen LogP contribution in [0.4, 0.5) is 5.69 Å². The molecule has 1 amide bonds. The number of ketones is 1. The van der Waals surface area contributed by atoms with Crippen LogP contribution in [0.5, 0.6) is 0 Å². The third-order valence-corrected chi connectivity index (χ3v) is 5.01. The summed E-state index contributed by atoms with van der Waals surface area (Å²) in [7, 11) is 0. The molecule has 0 saturated carbocycles. The molecule has 0 aliphatic rings. The van der Waals surface area contributed by atoms with Crippen molar-refractivity contribution >= 4 is 23.3 Å². The molecule has 0 radical (unpaired) electrons. The molecule has 0 saturated heterocycles. The van der Waals surface area contributed by atoms with Crippen LogP contribution in [0.2, 0.25) is 0 Å². The lowest BCUT2D eigenvalue weighted by molar-refractivity contribution is 0.0472. The number of hydrogen-bond donors (Lipinski definition) is 1. The second-order valence-electron chi connectivity index (χ2n) is 7.37. The first-order valence-electron chi connectivity index (χ1n) is 10.4. The maximum Gasteiger partial charge on any atom is 0.338 e. The molecule has 5 nitrogen and oxygen atoms in total. The lowest BCUT2D eigenvalue weighted by Crippen LogP contribution is -2.12. The average molecular weight is 435 g/mol. The number of anilines is 1. The van der Waals surface area contributed by atoms with Crippen molar-refractivity contribution in [1.29, 1.82) is 0 Å². The van der Waals surface area contributed by atoms with E-state index in [-0.39, 0.29) is 18.3 Å². The van der Waals surface area contributed by atoms with Gasteiger partial charge in [0.25, 0.3) is 5.91 Å². The smallest absolute Gasteiger partial charge is 0.338 e. The van der Waals surface area contributed by atoms with Crippen molar-refractivity contribution < 1.29 is 19.1 Å². The molecule has 4 rings (SSSR count). The first kappa shape index (κ1) is 21.7. The summed E-state index contributed by atoms with van der Waals surface area (Å²) in [4.78, 5) is 37.3. The third kappa shape index (κ3) is 5.60. The van der Waals surface area contributed by atoms with Crippen molar-refractivity contribution in [3.05, 3.63) is 137 Å². The molecule has 0 aliphatic heterocycles. The summed E-state index contributed by atoms with van der Waals surface area (Å²) in [6.45, 7) is 0.0429. The van der Waals surface area contributed by atoms with Gasteiger partial charge in [0.2, 0.25) is 0 Å². The third-order valence-electron chi connectivity index (χ3n) is 5.01. The molecule has 0 aliphatic carbocycles. The minimum absolute atomic E-state index is 0.0429. The molecule has 4 aromatic rings. The van der Waals surface area contributed by atoms with Crippen LogP contribution in [0.15, 0.2) is 109 Å². The SMILES string of the molecule is O=C(Nc1ccc(C(=O)OCc2cccc(C(=O)c3ccccc3)c2)cc1)c1ccccc1. The Hall–Kier alpha value is -4.51. The highest BCUT2D eigenvalue weighted by atomic mass is 16.5. The molecule has 0 atom stereocenters. The van der Waals surface area contributed by atoms with Crippen molar-refractivity contribution in [1.82, 2.24) is 0 Å². The van der Waals surface area contributed by atoms with E-state index in [1.807, 2.05) is 24.3 Å². The summed E-state index contributed by atoms with van der Waals surface area (Å²) >= 11 is 0. The fourth-order valence-electron chi connectivity index (χ4n) is 3.27. The van der Waals surface area contributed by atoms with E-state index in [4.69, 9.17) is 4.74 Å². The monoisotopic (exact) mass is 435 g/mol. The molecular formula is C28H21NO4. The molecule has 0 heterocycles. The molecule has 4 aromatic carbocycles. The fourth-order valence-corrected chi connectivity index (χ4v) is 3.27. The second kappa shape index (κ2) is 10.2. The lowest BCUT2D eigenvalue weighted by atomic mass is 10.0.